The molecular formula is C21H29N3O2. The number of rotatable bonds is 4. The maximum absolute atomic E-state index is 12.8. The van der Waals surface area contributed by atoms with E-state index in [1.54, 1.807) is 6.92 Å². The number of piperidine rings is 2. The van der Waals surface area contributed by atoms with Gasteiger partial charge < -0.3 is 10.2 Å². The fourth-order valence-electron chi connectivity index (χ4n) is 4.94. The molecule has 2 amide bonds. The number of nitrogens with zero attached hydrogens (tertiary/aromatic N) is 2. The molecule has 2 saturated heterocycles. The van der Waals surface area contributed by atoms with Crippen LogP contribution in [0.5, 0.6) is 0 Å². The van der Waals surface area contributed by atoms with Crippen molar-refractivity contribution >= 4 is 11.8 Å². The van der Waals surface area contributed by atoms with Crippen LogP contribution in [0.25, 0.3) is 0 Å². The van der Waals surface area contributed by atoms with Gasteiger partial charge >= 0.3 is 0 Å². The Morgan fingerprint density at radius 3 is 2.73 bits per heavy atom. The fraction of sp³-hybridized carbons (Fsp3) is 0.619. The van der Waals surface area contributed by atoms with Crippen LogP contribution in [0.1, 0.15) is 37.3 Å². The van der Waals surface area contributed by atoms with Gasteiger partial charge in [0.05, 0.1) is 6.54 Å². The third-order valence-corrected chi connectivity index (χ3v) is 6.38. The smallest absolute Gasteiger partial charge is 0.236 e. The predicted molar refractivity (Wildman–Crippen MR) is 101 cm³/mol. The first-order chi connectivity index (χ1) is 12.5. The van der Waals surface area contributed by atoms with E-state index in [9.17, 15) is 9.59 Å². The fourth-order valence-corrected chi connectivity index (χ4v) is 4.94. The Bertz CT molecular complexity index is 702. The van der Waals surface area contributed by atoms with Gasteiger partial charge in [0.1, 0.15) is 0 Å². The predicted octanol–water partition coefficient (Wildman–Crippen LogP) is 1.70. The number of hydrogen-bond donors (Lipinski definition) is 1. The van der Waals surface area contributed by atoms with E-state index in [4.69, 9.17) is 0 Å². The summed E-state index contributed by atoms with van der Waals surface area (Å²) in [6.45, 7) is 7.67. The van der Waals surface area contributed by atoms with Crippen LogP contribution in [-0.2, 0) is 15.0 Å². The second-order valence-corrected chi connectivity index (χ2v) is 8.47. The highest BCUT2D eigenvalue weighted by molar-refractivity contribution is 5.79. The summed E-state index contributed by atoms with van der Waals surface area (Å²) in [6, 6.07) is 9.04. The van der Waals surface area contributed by atoms with Gasteiger partial charge in [-0.2, -0.15) is 0 Å². The molecule has 0 spiro atoms. The molecule has 3 aliphatic rings. The van der Waals surface area contributed by atoms with Gasteiger partial charge in [0.25, 0.3) is 0 Å². The zero-order chi connectivity index (χ0) is 18.3. The van der Waals surface area contributed by atoms with Crippen LogP contribution in [-0.4, -0.2) is 60.4 Å². The highest BCUT2D eigenvalue weighted by atomic mass is 16.2. The van der Waals surface area contributed by atoms with Gasteiger partial charge in [-0.3, -0.25) is 14.5 Å². The van der Waals surface area contributed by atoms with Crippen molar-refractivity contribution < 1.29 is 9.59 Å². The molecule has 2 heterocycles. The summed E-state index contributed by atoms with van der Waals surface area (Å²) in [7, 11) is 0. The summed E-state index contributed by atoms with van der Waals surface area (Å²) in [4.78, 5) is 28.3. The van der Waals surface area contributed by atoms with Gasteiger partial charge in [-0.05, 0) is 37.7 Å². The van der Waals surface area contributed by atoms with Crippen molar-refractivity contribution in [1.29, 1.82) is 0 Å². The van der Waals surface area contributed by atoms with Crippen molar-refractivity contribution in [3.05, 3.63) is 35.4 Å². The van der Waals surface area contributed by atoms with Crippen LogP contribution < -0.4 is 5.32 Å². The molecule has 2 aliphatic heterocycles. The van der Waals surface area contributed by atoms with E-state index in [1.807, 2.05) is 4.90 Å². The topological polar surface area (TPSA) is 52.7 Å². The lowest BCUT2D eigenvalue weighted by molar-refractivity contribution is -0.134. The van der Waals surface area contributed by atoms with Crippen LogP contribution in [0.3, 0.4) is 0 Å². The number of benzene rings is 1. The third kappa shape index (κ3) is 3.37. The average Bonchev–Trinajstić information content (AvgIpc) is 3.17. The molecule has 3 atom stereocenters. The molecule has 4 rings (SSSR count). The molecule has 0 radical (unpaired) electrons. The van der Waals surface area contributed by atoms with E-state index in [2.05, 4.69) is 41.4 Å². The number of aryl methyl sites for hydroxylation is 1. The van der Waals surface area contributed by atoms with Gasteiger partial charge in [0, 0.05) is 44.6 Å². The Hall–Kier alpha value is -1.88. The lowest BCUT2D eigenvalue weighted by Gasteiger charge is -2.34. The lowest BCUT2D eigenvalue weighted by atomic mass is 9.94. The van der Waals surface area contributed by atoms with Crippen LogP contribution >= 0.6 is 0 Å². The monoisotopic (exact) mass is 355 g/mol. The molecule has 3 fully saturated rings. The normalized spacial score (nSPS) is 30.8. The minimum Gasteiger partial charge on any atom is -0.352 e. The van der Waals surface area contributed by atoms with E-state index in [-0.39, 0.29) is 23.3 Å². The van der Waals surface area contributed by atoms with Crippen LogP contribution in [0.15, 0.2) is 24.3 Å². The zero-order valence-corrected chi connectivity index (χ0v) is 15.8. The molecule has 3 unspecified atom stereocenters. The van der Waals surface area contributed by atoms with E-state index >= 15 is 0 Å². The van der Waals surface area contributed by atoms with Crippen molar-refractivity contribution in [2.45, 2.75) is 44.6 Å². The Morgan fingerprint density at radius 1 is 1.23 bits per heavy atom. The highest BCUT2D eigenvalue weighted by Gasteiger charge is 2.60. The van der Waals surface area contributed by atoms with Gasteiger partial charge in [-0.1, -0.05) is 29.8 Å². The summed E-state index contributed by atoms with van der Waals surface area (Å²) in [5.74, 6) is 0.899. The number of likely N-dealkylation sites (tertiary alicyclic amines) is 2. The summed E-state index contributed by atoms with van der Waals surface area (Å²) in [6.07, 6.45) is 3.19. The Balaban J connectivity index is 1.33. The summed E-state index contributed by atoms with van der Waals surface area (Å²) < 4.78 is 0. The van der Waals surface area contributed by atoms with Crippen molar-refractivity contribution in [3.8, 4) is 0 Å². The molecule has 1 aliphatic carbocycles. The van der Waals surface area contributed by atoms with Crippen molar-refractivity contribution in [1.82, 2.24) is 15.1 Å². The summed E-state index contributed by atoms with van der Waals surface area (Å²) in [5.41, 5.74) is 3.02. The van der Waals surface area contributed by atoms with Crippen LogP contribution in [0.4, 0.5) is 0 Å². The van der Waals surface area contributed by atoms with Crippen molar-refractivity contribution in [2.24, 2.45) is 5.92 Å². The number of carbonyl (C=O) groups is 2. The first-order valence-corrected chi connectivity index (χ1v) is 9.81. The molecular weight excluding hydrogens is 326 g/mol. The Labute approximate surface area is 155 Å². The molecule has 26 heavy (non-hydrogen) atoms. The number of hydrogen-bond acceptors (Lipinski definition) is 3. The Morgan fingerprint density at radius 2 is 2.00 bits per heavy atom. The van der Waals surface area contributed by atoms with E-state index in [1.165, 1.54) is 17.5 Å². The SMILES string of the molecule is CC(=O)NC1CCCN(C(=O)CN2CC3CC3(c3ccc(C)cc3)C2)C1. The van der Waals surface area contributed by atoms with E-state index in [0.717, 1.165) is 32.5 Å². The largest absolute Gasteiger partial charge is 0.352 e. The zero-order valence-electron chi connectivity index (χ0n) is 15.8. The molecule has 1 aromatic carbocycles. The molecule has 5 nitrogen and oxygen atoms in total. The third-order valence-electron chi connectivity index (χ3n) is 6.38. The second-order valence-electron chi connectivity index (χ2n) is 8.47. The summed E-state index contributed by atoms with van der Waals surface area (Å²) >= 11 is 0. The van der Waals surface area contributed by atoms with Gasteiger partial charge in [0.2, 0.25) is 11.8 Å². The van der Waals surface area contributed by atoms with Gasteiger partial charge in [0.15, 0.2) is 0 Å². The molecule has 1 aromatic rings. The first kappa shape index (κ1) is 17.5. The van der Waals surface area contributed by atoms with E-state index in [0.29, 0.717) is 19.0 Å². The average molecular weight is 355 g/mol. The highest BCUT2D eigenvalue weighted by Crippen LogP contribution is 2.58. The van der Waals surface area contributed by atoms with Crippen molar-refractivity contribution in [2.75, 3.05) is 32.7 Å². The minimum absolute atomic E-state index is 0.0102. The molecule has 5 heteroatoms. The molecule has 1 N–H and O–H groups in total. The quantitative estimate of drug-likeness (QED) is 0.894. The number of nitrogens with one attached hydrogen (secondary N) is 1. The Kier molecular flexibility index (Phi) is 4.51. The lowest BCUT2D eigenvalue weighted by Crippen LogP contribution is -2.51. The molecule has 140 valence electrons. The number of fused-ring (bicyclic) bond motifs is 1. The maximum Gasteiger partial charge on any atom is 0.236 e. The van der Waals surface area contributed by atoms with Crippen LogP contribution in [0, 0.1) is 12.8 Å². The van der Waals surface area contributed by atoms with Gasteiger partial charge in [-0.15, -0.1) is 0 Å². The number of carbonyl (C=O) groups excluding carboxylic acids is 2. The van der Waals surface area contributed by atoms with E-state index < -0.39 is 0 Å². The van der Waals surface area contributed by atoms with Gasteiger partial charge in [-0.25, -0.2) is 0 Å². The standard InChI is InChI=1S/C21H29N3O2/c1-15-5-7-17(8-6-15)21-10-18(21)11-23(14-21)13-20(26)24-9-3-4-19(12-24)22-16(2)25/h5-8,18-19H,3-4,9-14H2,1-2H3,(H,22,25). The van der Waals surface area contributed by atoms with Crippen LogP contribution in [0.2, 0.25) is 0 Å². The maximum atomic E-state index is 12.8. The van der Waals surface area contributed by atoms with Crippen molar-refractivity contribution in [3.63, 3.8) is 0 Å². The summed E-state index contributed by atoms with van der Waals surface area (Å²) in [5, 5.41) is 2.96. The molecule has 0 bridgehead atoms. The second kappa shape index (κ2) is 6.69. The molecule has 1 saturated carbocycles. The first-order valence-electron chi connectivity index (χ1n) is 9.81. The minimum atomic E-state index is -0.0102. The molecule has 0 aromatic heterocycles. The number of amides is 2.